The Morgan fingerprint density at radius 3 is 2.35 bits per heavy atom. The Balaban J connectivity index is 1.67. The van der Waals surface area contributed by atoms with E-state index in [-0.39, 0.29) is 24.3 Å². The highest BCUT2D eigenvalue weighted by atomic mass is 16.7. The molecule has 0 amide bonds. The molecule has 0 bridgehead atoms. The van der Waals surface area contributed by atoms with Gasteiger partial charge in [-0.1, -0.05) is 0 Å². The van der Waals surface area contributed by atoms with Gasteiger partial charge in [0.2, 0.25) is 6.29 Å². The number of aliphatic hydroxyl groups is 4. The van der Waals surface area contributed by atoms with Gasteiger partial charge in [0, 0.05) is 24.6 Å². The highest BCUT2D eigenvalue weighted by molar-refractivity contribution is 5.89. The molecule has 4 rings (SSSR count). The Labute approximate surface area is 208 Å². The molecule has 9 N–H and O–H groups in total. The standard InChI is InChI=1S/C22H26N2O13/c25-6-15-16(27)17(28)18(29)22(37-15)36-14-2-7-1-12(21(34)35)24(11(7)5-13(14)26)8-3-9(19(30)31)23-10(4-8)20(32)33/h2-3,5,8,10,12,15-18,22-23,25-29H,1,4,6H2,(H,30,31)(H,32,33)(H,34,35)/t8?,10-,12-,15+,16+,17-,18+,22+/m0/s1. The third kappa shape index (κ3) is 4.86. The van der Waals surface area contributed by atoms with Crippen LogP contribution >= 0.6 is 0 Å². The monoisotopic (exact) mass is 526 g/mol. The maximum Gasteiger partial charge on any atom is 0.351 e. The third-order valence-electron chi connectivity index (χ3n) is 6.62. The molecule has 3 heterocycles. The van der Waals surface area contributed by atoms with Crippen LogP contribution in [-0.4, -0.2) is 114 Å². The van der Waals surface area contributed by atoms with Gasteiger partial charge in [-0.3, -0.25) is 0 Å². The first kappa shape index (κ1) is 26.4. The lowest BCUT2D eigenvalue weighted by Gasteiger charge is -2.39. The van der Waals surface area contributed by atoms with E-state index in [1.54, 1.807) is 0 Å². The van der Waals surface area contributed by atoms with Crippen LogP contribution in [0.4, 0.5) is 5.69 Å². The van der Waals surface area contributed by atoms with Crippen LogP contribution in [0.2, 0.25) is 0 Å². The van der Waals surface area contributed by atoms with Crippen LogP contribution in [0.5, 0.6) is 11.5 Å². The number of rotatable bonds is 7. The summed E-state index contributed by atoms with van der Waals surface area (Å²) in [5.41, 5.74) is 0.136. The zero-order valence-electron chi connectivity index (χ0n) is 19.0. The summed E-state index contributed by atoms with van der Waals surface area (Å²) in [5, 5.41) is 81.2. The summed E-state index contributed by atoms with van der Waals surface area (Å²) in [4.78, 5) is 36.5. The molecule has 1 aromatic rings. The maximum absolute atomic E-state index is 12.1. The van der Waals surface area contributed by atoms with Gasteiger partial charge in [-0.15, -0.1) is 0 Å². The number of phenolic OH excluding ortho intramolecular Hbond substituents is 1. The van der Waals surface area contributed by atoms with Crippen LogP contribution in [0.1, 0.15) is 12.0 Å². The number of anilines is 1. The zero-order chi connectivity index (χ0) is 27.2. The molecule has 1 fully saturated rings. The molecule has 8 atom stereocenters. The minimum absolute atomic E-state index is 0.117. The quantitative estimate of drug-likeness (QED) is 0.174. The van der Waals surface area contributed by atoms with Gasteiger partial charge in [-0.25, -0.2) is 14.4 Å². The van der Waals surface area contributed by atoms with Crippen molar-refractivity contribution in [2.45, 2.75) is 61.7 Å². The number of aliphatic hydroxyl groups excluding tert-OH is 4. The average Bonchev–Trinajstić information content (AvgIpc) is 3.22. The fraction of sp³-hybridized carbons (Fsp3) is 0.500. The summed E-state index contributed by atoms with van der Waals surface area (Å²) in [6, 6.07) is -1.07. The van der Waals surface area contributed by atoms with Gasteiger partial charge in [0.25, 0.3) is 0 Å². The molecule has 202 valence electrons. The van der Waals surface area contributed by atoms with E-state index in [1.807, 2.05) is 0 Å². The van der Waals surface area contributed by atoms with Gasteiger partial charge in [-0.2, -0.15) is 0 Å². The van der Waals surface area contributed by atoms with E-state index >= 15 is 0 Å². The van der Waals surface area contributed by atoms with E-state index < -0.39 is 84.8 Å². The molecule has 1 aromatic carbocycles. The van der Waals surface area contributed by atoms with Crippen LogP contribution in [0.3, 0.4) is 0 Å². The largest absolute Gasteiger partial charge is 0.504 e. The van der Waals surface area contributed by atoms with Crippen molar-refractivity contribution >= 4 is 23.6 Å². The molecule has 0 radical (unpaired) electrons. The van der Waals surface area contributed by atoms with Gasteiger partial charge in [0.1, 0.15) is 42.2 Å². The van der Waals surface area contributed by atoms with Crippen molar-refractivity contribution in [2.75, 3.05) is 11.5 Å². The normalized spacial score (nSPS) is 33.2. The van der Waals surface area contributed by atoms with E-state index in [2.05, 4.69) is 5.32 Å². The molecule has 0 aromatic heterocycles. The summed E-state index contributed by atoms with van der Waals surface area (Å²) in [5.74, 6) is -4.81. The fourth-order valence-electron chi connectivity index (χ4n) is 4.76. The molecule has 0 aliphatic carbocycles. The van der Waals surface area contributed by atoms with E-state index in [9.17, 15) is 55.2 Å². The van der Waals surface area contributed by atoms with Gasteiger partial charge in [0.05, 0.1) is 12.6 Å². The van der Waals surface area contributed by atoms with E-state index in [4.69, 9.17) is 9.47 Å². The number of phenols is 1. The topological polar surface area (TPSA) is 247 Å². The Bertz CT molecular complexity index is 1120. The molecule has 3 aliphatic heterocycles. The van der Waals surface area contributed by atoms with E-state index in [0.717, 1.165) is 6.07 Å². The molecular weight excluding hydrogens is 500 g/mol. The van der Waals surface area contributed by atoms with Crippen molar-refractivity contribution in [3.05, 3.63) is 29.5 Å². The maximum atomic E-state index is 12.1. The number of aromatic hydroxyl groups is 1. The predicted octanol–water partition coefficient (Wildman–Crippen LogP) is -2.83. The number of aliphatic carboxylic acids is 3. The van der Waals surface area contributed by atoms with E-state index in [0.29, 0.717) is 5.56 Å². The number of nitrogens with zero attached hydrogens (tertiary/aromatic N) is 1. The molecule has 1 unspecified atom stereocenters. The van der Waals surface area contributed by atoms with E-state index in [1.165, 1.54) is 17.0 Å². The van der Waals surface area contributed by atoms with Crippen molar-refractivity contribution < 1.29 is 64.7 Å². The average molecular weight is 526 g/mol. The summed E-state index contributed by atoms with van der Waals surface area (Å²) >= 11 is 0. The number of carboxylic acids is 3. The zero-order valence-corrected chi connectivity index (χ0v) is 19.0. The van der Waals surface area contributed by atoms with Gasteiger partial charge in [-0.05, 0) is 17.7 Å². The summed E-state index contributed by atoms with van der Waals surface area (Å²) < 4.78 is 10.8. The van der Waals surface area contributed by atoms with Crippen LogP contribution in [0.15, 0.2) is 23.9 Å². The Morgan fingerprint density at radius 1 is 1.05 bits per heavy atom. The molecule has 15 heteroatoms. The molecule has 3 aliphatic rings. The van der Waals surface area contributed by atoms with Gasteiger partial charge in [0.15, 0.2) is 11.5 Å². The van der Waals surface area contributed by atoms with Crippen molar-refractivity contribution in [1.29, 1.82) is 0 Å². The molecule has 0 saturated carbocycles. The van der Waals surface area contributed by atoms with Crippen molar-refractivity contribution in [3.8, 4) is 11.5 Å². The lowest BCUT2D eigenvalue weighted by atomic mass is 9.98. The third-order valence-corrected chi connectivity index (χ3v) is 6.62. The summed E-state index contributed by atoms with van der Waals surface area (Å²) in [6.07, 6.45) is -7.04. The molecular formula is C22H26N2O13. The van der Waals surface area contributed by atoms with Crippen LogP contribution in [0.25, 0.3) is 0 Å². The number of benzene rings is 1. The summed E-state index contributed by atoms with van der Waals surface area (Å²) in [7, 11) is 0. The van der Waals surface area contributed by atoms with Crippen LogP contribution in [-0.2, 0) is 25.5 Å². The number of carbonyl (C=O) groups is 3. The first-order valence-electron chi connectivity index (χ1n) is 11.2. The number of ether oxygens (including phenoxy) is 2. The fourth-order valence-corrected chi connectivity index (χ4v) is 4.76. The van der Waals surface area contributed by atoms with Crippen molar-refractivity contribution in [2.24, 2.45) is 0 Å². The van der Waals surface area contributed by atoms with Gasteiger partial charge >= 0.3 is 17.9 Å². The Kier molecular flexibility index (Phi) is 7.16. The molecule has 1 saturated heterocycles. The molecule has 15 nitrogen and oxygen atoms in total. The second kappa shape index (κ2) is 10.0. The lowest BCUT2D eigenvalue weighted by Crippen LogP contribution is -2.60. The number of hydrogen-bond acceptors (Lipinski definition) is 12. The second-order valence-corrected chi connectivity index (χ2v) is 8.95. The van der Waals surface area contributed by atoms with Crippen LogP contribution < -0.4 is 15.0 Å². The highest BCUT2D eigenvalue weighted by Gasteiger charge is 2.46. The minimum atomic E-state index is -1.75. The molecule has 37 heavy (non-hydrogen) atoms. The second-order valence-electron chi connectivity index (χ2n) is 8.95. The smallest absolute Gasteiger partial charge is 0.351 e. The first-order chi connectivity index (χ1) is 17.4. The number of carboxylic acid groups (broad SMARTS) is 3. The van der Waals surface area contributed by atoms with Crippen molar-refractivity contribution in [3.63, 3.8) is 0 Å². The SMILES string of the molecule is O=C(O)C1=CC(N2c3cc(O)c(O[C@@H]4O[C@H](CO)[C@@H](O)[C@H](O)[C@H]4O)cc3C[C@H]2C(=O)O)C[C@@H](C(=O)O)N1. The predicted molar refractivity (Wildman–Crippen MR) is 119 cm³/mol. The van der Waals surface area contributed by atoms with Crippen molar-refractivity contribution in [1.82, 2.24) is 5.32 Å². The minimum Gasteiger partial charge on any atom is -0.504 e. The lowest BCUT2D eigenvalue weighted by molar-refractivity contribution is -0.277. The first-order valence-corrected chi connectivity index (χ1v) is 11.2. The Morgan fingerprint density at radius 2 is 1.76 bits per heavy atom. The Hall–Kier alpha value is -3.63. The van der Waals surface area contributed by atoms with Gasteiger partial charge < -0.3 is 60.5 Å². The summed E-state index contributed by atoms with van der Waals surface area (Å²) in [6.45, 7) is -0.699. The molecule has 0 spiro atoms. The number of nitrogens with one attached hydrogen (secondary N) is 1. The highest BCUT2D eigenvalue weighted by Crippen LogP contribution is 2.43. The number of fused-ring (bicyclic) bond motifs is 1. The number of hydrogen-bond donors (Lipinski definition) is 9. The van der Waals surface area contributed by atoms with Crippen LogP contribution in [0, 0.1) is 0 Å².